The van der Waals surface area contributed by atoms with E-state index < -0.39 is 6.09 Å². The Bertz CT molecular complexity index is 570. The minimum atomic E-state index is -1.03. The molecule has 0 aromatic heterocycles. The number of benzene rings is 1. The van der Waals surface area contributed by atoms with Gasteiger partial charge >= 0.3 is 6.09 Å². The highest BCUT2D eigenvalue weighted by Gasteiger charge is 2.40. The lowest BCUT2D eigenvalue weighted by molar-refractivity contribution is 0.0536. The summed E-state index contributed by atoms with van der Waals surface area (Å²) < 4.78 is 0. The first-order valence-corrected chi connectivity index (χ1v) is 7.04. The van der Waals surface area contributed by atoms with Crippen molar-refractivity contribution in [2.75, 3.05) is 0 Å². The first kappa shape index (κ1) is 13.6. The summed E-state index contributed by atoms with van der Waals surface area (Å²) in [6.45, 7) is 0. The highest BCUT2D eigenvalue weighted by molar-refractivity contribution is 6.21. The Balaban J connectivity index is 1.71. The van der Waals surface area contributed by atoms with E-state index in [1.807, 2.05) is 0 Å². The highest BCUT2D eigenvalue weighted by Crippen LogP contribution is 2.30. The third kappa shape index (κ3) is 2.37. The zero-order valence-electron chi connectivity index (χ0n) is 11.4. The summed E-state index contributed by atoms with van der Waals surface area (Å²) in [6.07, 6.45) is 1.53. The van der Waals surface area contributed by atoms with Crippen LogP contribution in [0.2, 0.25) is 0 Å². The Hall–Kier alpha value is -2.37. The van der Waals surface area contributed by atoms with E-state index in [4.69, 9.17) is 5.11 Å². The van der Waals surface area contributed by atoms with Crippen molar-refractivity contribution in [2.24, 2.45) is 0 Å². The molecule has 6 nitrogen and oxygen atoms in total. The summed E-state index contributed by atoms with van der Waals surface area (Å²) >= 11 is 0. The molecule has 2 aliphatic rings. The van der Waals surface area contributed by atoms with Gasteiger partial charge in [0.25, 0.3) is 11.8 Å². The number of rotatable bonds is 2. The Morgan fingerprint density at radius 1 is 1.05 bits per heavy atom. The van der Waals surface area contributed by atoms with E-state index in [9.17, 15) is 14.4 Å². The number of hydrogen-bond acceptors (Lipinski definition) is 3. The minimum absolute atomic E-state index is 0.0890. The number of carboxylic acid groups (broad SMARTS) is 1. The largest absolute Gasteiger partial charge is 0.465 e. The number of nitrogens with zero attached hydrogens (tertiary/aromatic N) is 1. The van der Waals surface area contributed by atoms with E-state index in [2.05, 4.69) is 5.32 Å². The van der Waals surface area contributed by atoms with E-state index >= 15 is 0 Å². The Labute approximate surface area is 121 Å². The molecule has 1 heterocycles. The van der Waals surface area contributed by atoms with Gasteiger partial charge in [-0.3, -0.25) is 14.5 Å². The number of fused-ring (bicyclic) bond motifs is 1. The molecule has 3 amide bonds. The maximum Gasteiger partial charge on any atom is 0.404 e. The molecule has 6 heteroatoms. The molecule has 21 heavy (non-hydrogen) atoms. The van der Waals surface area contributed by atoms with E-state index in [1.165, 1.54) is 4.90 Å². The summed E-state index contributed by atoms with van der Waals surface area (Å²) in [4.78, 5) is 36.7. The van der Waals surface area contributed by atoms with Gasteiger partial charge in [0.2, 0.25) is 0 Å². The van der Waals surface area contributed by atoms with Crippen LogP contribution in [-0.2, 0) is 0 Å². The fraction of sp³-hybridized carbons (Fsp3) is 0.400. The predicted molar refractivity (Wildman–Crippen MR) is 74.1 cm³/mol. The third-order valence-corrected chi connectivity index (χ3v) is 4.21. The van der Waals surface area contributed by atoms with Gasteiger partial charge in [-0.2, -0.15) is 0 Å². The second-order valence-corrected chi connectivity index (χ2v) is 5.48. The molecule has 0 spiro atoms. The molecule has 0 atom stereocenters. The molecule has 1 aromatic rings. The summed E-state index contributed by atoms with van der Waals surface area (Å²) in [6, 6.07) is 6.63. The maximum absolute atomic E-state index is 12.4. The molecule has 1 aliphatic carbocycles. The number of amides is 3. The van der Waals surface area contributed by atoms with Gasteiger partial charge in [0.1, 0.15) is 0 Å². The average Bonchev–Trinajstić information content (AvgIpc) is 2.72. The molecule has 1 saturated carbocycles. The summed E-state index contributed by atoms with van der Waals surface area (Å²) in [5.74, 6) is -0.463. The topological polar surface area (TPSA) is 86.7 Å². The number of imide groups is 1. The highest BCUT2D eigenvalue weighted by atomic mass is 16.4. The number of carbonyl (C=O) groups excluding carboxylic acids is 2. The third-order valence-electron chi connectivity index (χ3n) is 4.21. The second kappa shape index (κ2) is 5.20. The Morgan fingerprint density at radius 3 is 2.05 bits per heavy atom. The molecule has 110 valence electrons. The summed E-state index contributed by atoms with van der Waals surface area (Å²) in [5.41, 5.74) is 0.932. The Kier molecular flexibility index (Phi) is 3.37. The van der Waals surface area contributed by atoms with Crippen molar-refractivity contribution >= 4 is 17.9 Å². The van der Waals surface area contributed by atoms with E-state index in [0.717, 1.165) is 0 Å². The fourth-order valence-electron chi connectivity index (χ4n) is 3.19. The second-order valence-electron chi connectivity index (χ2n) is 5.48. The first-order chi connectivity index (χ1) is 10.1. The number of nitrogens with one attached hydrogen (secondary N) is 1. The van der Waals surface area contributed by atoms with Gasteiger partial charge in [0, 0.05) is 12.1 Å². The normalized spacial score (nSPS) is 24.9. The molecule has 0 unspecified atom stereocenters. The SMILES string of the molecule is O=C(O)N[C@H]1CC[C@H](N2C(=O)c3ccccc3C2=O)CC1. The molecular weight excluding hydrogens is 272 g/mol. The van der Waals surface area contributed by atoms with Crippen molar-refractivity contribution in [1.29, 1.82) is 0 Å². The van der Waals surface area contributed by atoms with Crippen molar-refractivity contribution < 1.29 is 19.5 Å². The van der Waals surface area contributed by atoms with Crippen LogP contribution in [0.25, 0.3) is 0 Å². The number of carbonyl (C=O) groups is 3. The van der Waals surface area contributed by atoms with Gasteiger partial charge in [0.05, 0.1) is 11.1 Å². The molecule has 2 N–H and O–H groups in total. The van der Waals surface area contributed by atoms with E-state index in [1.54, 1.807) is 24.3 Å². The van der Waals surface area contributed by atoms with Crippen molar-refractivity contribution in [1.82, 2.24) is 10.2 Å². The van der Waals surface area contributed by atoms with E-state index in [-0.39, 0.29) is 23.9 Å². The molecule has 0 radical (unpaired) electrons. The molecule has 3 rings (SSSR count). The summed E-state index contributed by atoms with van der Waals surface area (Å²) in [5, 5.41) is 11.2. The number of hydrogen-bond donors (Lipinski definition) is 2. The predicted octanol–water partition coefficient (Wildman–Crippen LogP) is 1.86. The van der Waals surface area contributed by atoms with Crippen LogP contribution < -0.4 is 5.32 Å². The van der Waals surface area contributed by atoms with Gasteiger partial charge in [-0.05, 0) is 37.8 Å². The quantitative estimate of drug-likeness (QED) is 0.813. The molecule has 1 aromatic carbocycles. The van der Waals surface area contributed by atoms with Crippen LogP contribution in [0.3, 0.4) is 0 Å². The lowest BCUT2D eigenvalue weighted by Gasteiger charge is -2.33. The monoisotopic (exact) mass is 288 g/mol. The van der Waals surface area contributed by atoms with Crippen LogP contribution in [-0.4, -0.2) is 40.0 Å². The maximum atomic E-state index is 12.4. The zero-order valence-corrected chi connectivity index (χ0v) is 11.4. The standard InChI is InChI=1S/C15H16N2O4/c18-13-11-3-1-2-4-12(11)14(19)17(13)10-7-5-9(6-8-10)16-15(20)21/h1-4,9-10,16H,5-8H2,(H,20,21)/t9-,10-. The summed E-state index contributed by atoms with van der Waals surface area (Å²) in [7, 11) is 0. The lowest BCUT2D eigenvalue weighted by Crippen LogP contribution is -2.45. The van der Waals surface area contributed by atoms with Gasteiger partial charge in [-0.25, -0.2) is 4.79 Å². The smallest absolute Gasteiger partial charge is 0.404 e. The lowest BCUT2D eigenvalue weighted by atomic mass is 9.90. The van der Waals surface area contributed by atoms with Crippen molar-refractivity contribution in [2.45, 2.75) is 37.8 Å². The van der Waals surface area contributed by atoms with Gasteiger partial charge < -0.3 is 10.4 Å². The van der Waals surface area contributed by atoms with Crippen LogP contribution in [0.1, 0.15) is 46.4 Å². The van der Waals surface area contributed by atoms with Crippen molar-refractivity contribution in [3.8, 4) is 0 Å². The van der Waals surface area contributed by atoms with E-state index in [0.29, 0.717) is 36.8 Å². The minimum Gasteiger partial charge on any atom is -0.465 e. The molecule has 0 bridgehead atoms. The van der Waals surface area contributed by atoms with Gasteiger partial charge in [0.15, 0.2) is 0 Å². The van der Waals surface area contributed by atoms with Crippen LogP contribution in [0.5, 0.6) is 0 Å². The zero-order chi connectivity index (χ0) is 15.0. The molecule has 1 fully saturated rings. The van der Waals surface area contributed by atoms with Crippen molar-refractivity contribution in [3.05, 3.63) is 35.4 Å². The first-order valence-electron chi connectivity index (χ1n) is 7.04. The van der Waals surface area contributed by atoms with Crippen LogP contribution in [0.15, 0.2) is 24.3 Å². The Morgan fingerprint density at radius 2 is 1.57 bits per heavy atom. The molecule has 1 aliphatic heterocycles. The average molecular weight is 288 g/mol. The fourth-order valence-corrected chi connectivity index (χ4v) is 3.19. The van der Waals surface area contributed by atoms with Crippen LogP contribution >= 0.6 is 0 Å². The molecular formula is C15H16N2O4. The van der Waals surface area contributed by atoms with Gasteiger partial charge in [-0.15, -0.1) is 0 Å². The van der Waals surface area contributed by atoms with Gasteiger partial charge in [-0.1, -0.05) is 12.1 Å². The van der Waals surface area contributed by atoms with Crippen LogP contribution in [0, 0.1) is 0 Å². The molecule has 0 saturated heterocycles. The van der Waals surface area contributed by atoms with Crippen molar-refractivity contribution in [3.63, 3.8) is 0 Å². The van der Waals surface area contributed by atoms with Crippen LogP contribution in [0.4, 0.5) is 4.79 Å².